The molecule has 1 saturated carbocycles. The predicted octanol–water partition coefficient (Wildman–Crippen LogP) is 3.61. The third-order valence-corrected chi connectivity index (χ3v) is 3.45. The molecule has 0 atom stereocenters. The Kier molecular flexibility index (Phi) is 3.67. The quantitative estimate of drug-likeness (QED) is 0.419. The normalized spacial score (nSPS) is 16.3. The molecule has 0 aliphatic heterocycles. The molecule has 0 spiro atoms. The van der Waals surface area contributed by atoms with Crippen LogP contribution >= 0.6 is 0 Å². The van der Waals surface area contributed by atoms with Gasteiger partial charge < -0.3 is 4.74 Å². The van der Waals surface area contributed by atoms with Crippen LogP contribution in [0, 0.1) is 0 Å². The molecule has 1 aliphatic rings. The van der Waals surface area contributed by atoms with Gasteiger partial charge in [-0.3, -0.25) is 0 Å². The second-order valence-corrected chi connectivity index (χ2v) is 4.59. The lowest BCUT2D eigenvalue weighted by molar-refractivity contribution is 0.0731. The number of azide groups is 1. The molecule has 1 fully saturated rings. The second kappa shape index (κ2) is 5.21. The minimum Gasteiger partial charge on any atom is -0.378 e. The van der Waals surface area contributed by atoms with Crippen molar-refractivity contribution in [3.8, 4) is 0 Å². The van der Waals surface area contributed by atoms with Crippen LogP contribution < -0.4 is 0 Å². The number of methoxy groups -OCH3 is 1. The van der Waals surface area contributed by atoms with Crippen molar-refractivity contribution in [2.45, 2.75) is 37.8 Å². The van der Waals surface area contributed by atoms with E-state index in [2.05, 4.69) is 22.2 Å². The first-order valence-electron chi connectivity index (χ1n) is 5.92. The van der Waals surface area contributed by atoms with Gasteiger partial charge >= 0.3 is 0 Å². The molecule has 0 bridgehead atoms. The molecule has 0 N–H and O–H groups in total. The summed E-state index contributed by atoms with van der Waals surface area (Å²) in [5.74, 6) is 0. The fourth-order valence-electron chi connectivity index (χ4n) is 1.99. The van der Waals surface area contributed by atoms with Gasteiger partial charge in [0.2, 0.25) is 0 Å². The van der Waals surface area contributed by atoms with Gasteiger partial charge in [0.05, 0.1) is 12.1 Å². The molecular formula is C13H17N3O. The second-order valence-electron chi connectivity index (χ2n) is 4.59. The summed E-state index contributed by atoms with van der Waals surface area (Å²) in [5, 5.41) is 3.54. The van der Waals surface area contributed by atoms with Gasteiger partial charge in [-0.15, -0.1) is 0 Å². The Morgan fingerprint density at radius 3 is 2.47 bits per heavy atom. The van der Waals surface area contributed by atoms with Gasteiger partial charge in [-0.25, -0.2) is 0 Å². The molecule has 1 aromatic carbocycles. The lowest BCUT2D eigenvalue weighted by atomic mass is 10.0. The van der Waals surface area contributed by atoms with Crippen LogP contribution in [-0.2, 0) is 17.7 Å². The smallest absolute Gasteiger partial charge is 0.0684 e. The molecule has 0 aromatic heterocycles. The monoisotopic (exact) mass is 231 g/mol. The van der Waals surface area contributed by atoms with Crippen LogP contribution in [-0.4, -0.2) is 12.7 Å². The van der Waals surface area contributed by atoms with E-state index in [1.54, 1.807) is 7.11 Å². The summed E-state index contributed by atoms with van der Waals surface area (Å²) < 4.78 is 5.49. The molecule has 90 valence electrons. The molecule has 1 aliphatic carbocycles. The summed E-state index contributed by atoms with van der Waals surface area (Å²) in [6.07, 6.45) is 4.53. The van der Waals surface area contributed by atoms with E-state index in [4.69, 9.17) is 10.3 Å². The van der Waals surface area contributed by atoms with Crippen LogP contribution in [0.15, 0.2) is 29.4 Å². The molecule has 0 heterocycles. The Labute approximate surface area is 101 Å². The highest BCUT2D eigenvalue weighted by molar-refractivity contribution is 5.23. The maximum absolute atomic E-state index is 8.23. The standard InChI is InChI=1S/C13H17N3O/c1-17-13(8-9-13)7-6-11-2-4-12(5-3-11)10-15-16-14/h2-5H,6-10H2,1H3. The van der Waals surface area contributed by atoms with E-state index >= 15 is 0 Å². The van der Waals surface area contributed by atoms with Crippen LogP contribution in [0.3, 0.4) is 0 Å². The maximum atomic E-state index is 8.23. The average molecular weight is 231 g/mol. The first-order chi connectivity index (χ1) is 8.28. The van der Waals surface area contributed by atoms with Crippen molar-refractivity contribution in [3.05, 3.63) is 45.8 Å². The van der Waals surface area contributed by atoms with E-state index in [1.165, 1.54) is 18.4 Å². The molecule has 0 saturated heterocycles. The first-order valence-corrected chi connectivity index (χ1v) is 5.92. The number of hydrogen-bond acceptors (Lipinski definition) is 2. The van der Waals surface area contributed by atoms with Crippen molar-refractivity contribution in [1.82, 2.24) is 0 Å². The molecule has 4 nitrogen and oxygen atoms in total. The Hall–Kier alpha value is -1.51. The molecule has 2 rings (SSSR count). The largest absolute Gasteiger partial charge is 0.378 e. The molecule has 0 radical (unpaired) electrons. The summed E-state index contributed by atoms with van der Waals surface area (Å²) in [6.45, 7) is 0.429. The Balaban J connectivity index is 1.87. The highest BCUT2D eigenvalue weighted by Gasteiger charge is 2.42. The molecule has 0 unspecified atom stereocenters. The van der Waals surface area contributed by atoms with Crippen molar-refractivity contribution in [1.29, 1.82) is 0 Å². The zero-order valence-electron chi connectivity index (χ0n) is 10.1. The molecule has 17 heavy (non-hydrogen) atoms. The first kappa shape index (κ1) is 12.0. The number of aryl methyl sites for hydroxylation is 1. The van der Waals surface area contributed by atoms with Crippen molar-refractivity contribution in [3.63, 3.8) is 0 Å². The van der Waals surface area contributed by atoms with Crippen molar-refractivity contribution in [2.24, 2.45) is 5.11 Å². The van der Waals surface area contributed by atoms with Crippen LogP contribution in [0.1, 0.15) is 30.4 Å². The predicted molar refractivity (Wildman–Crippen MR) is 66.6 cm³/mol. The molecule has 0 amide bonds. The van der Waals surface area contributed by atoms with Crippen LogP contribution in [0.5, 0.6) is 0 Å². The summed E-state index contributed by atoms with van der Waals surface area (Å²) in [6, 6.07) is 8.26. The Morgan fingerprint density at radius 1 is 1.29 bits per heavy atom. The fraction of sp³-hybridized carbons (Fsp3) is 0.538. The van der Waals surface area contributed by atoms with E-state index in [9.17, 15) is 0 Å². The van der Waals surface area contributed by atoms with E-state index in [0.29, 0.717) is 6.54 Å². The van der Waals surface area contributed by atoms with Crippen molar-refractivity contribution in [2.75, 3.05) is 7.11 Å². The van der Waals surface area contributed by atoms with Crippen molar-refractivity contribution >= 4 is 0 Å². The SMILES string of the molecule is COC1(CCc2ccc(CN=[N+]=[N-])cc2)CC1. The Bertz CT molecular complexity index is 417. The summed E-state index contributed by atoms with van der Waals surface area (Å²) in [7, 11) is 1.80. The number of nitrogens with zero attached hydrogens (tertiary/aromatic N) is 3. The summed E-state index contributed by atoms with van der Waals surface area (Å²) >= 11 is 0. The van der Waals surface area contributed by atoms with Crippen molar-refractivity contribution < 1.29 is 4.74 Å². The average Bonchev–Trinajstić information content (AvgIpc) is 3.16. The minimum atomic E-state index is 0.170. The number of benzene rings is 1. The molecule has 4 heteroatoms. The molecular weight excluding hydrogens is 214 g/mol. The van der Waals surface area contributed by atoms with E-state index in [0.717, 1.165) is 18.4 Å². The number of rotatable bonds is 6. The fourth-order valence-corrected chi connectivity index (χ4v) is 1.99. The van der Waals surface area contributed by atoms with Gasteiger partial charge in [0.1, 0.15) is 0 Å². The maximum Gasteiger partial charge on any atom is 0.0684 e. The van der Waals surface area contributed by atoms with Crippen LogP contribution in [0.4, 0.5) is 0 Å². The highest BCUT2D eigenvalue weighted by atomic mass is 16.5. The van der Waals surface area contributed by atoms with Gasteiger partial charge in [-0.05, 0) is 42.3 Å². The van der Waals surface area contributed by atoms with Gasteiger partial charge in [-0.1, -0.05) is 29.4 Å². The van der Waals surface area contributed by atoms with E-state index in [-0.39, 0.29) is 5.60 Å². The summed E-state index contributed by atoms with van der Waals surface area (Å²) in [4.78, 5) is 2.75. The number of hydrogen-bond donors (Lipinski definition) is 0. The molecule has 1 aromatic rings. The van der Waals surface area contributed by atoms with Gasteiger partial charge in [0, 0.05) is 12.0 Å². The highest BCUT2D eigenvalue weighted by Crippen LogP contribution is 2.42. The summed E-state index contributed by atoms with van der Waals surface area (Å²) in [5.41, 5.74) is 10.8. The zero-order valence-corrected chi connectivity index (χ0v) is 10.1. The topological polar surface area (TPSA) is 58.0 Å². The minimum absolute atomic E-state index is 0.170. The lowest BCUT2D eigenvalue weighted by Gasteiger charge is -2.12. The van der Waals surface area contributed by atoms with Crippen LogP contribution in [0.25, 0.3) is 10.4 Å². The van der Waals surface area contributed by atoms with Gasteiger partial charge in [-0.2, -0.15) is 0 Å². The number of ether oxygens (including phenoxy) is 1. The third-order valence-electron chi connectivity index (χ3n) is 3.45. The van der Waals surface area contributed by atoms with E-state index in [1.807, 2.05) is 12.1 Å². The van der Waals surface area contributed by atoms with Gasteiger partial charge in [0.15, 0.2) is 0 Å². The van der Waals surface area contributed by atoms with Gasteiger partial charge in [0.25, 0.3) is 0 Å². The van der Waals surface area contributed by atoms with Crippen LogP contribution in [0.2, 0.25) is 0 Å². The Morgan fingerprint density at radius 2 is 1.94 bits per heavy atom. The third kappa shape index (κ3) is 3.22. The zero-order chi connectivity index (χ0) is 12.1. The van der Waals surface area contributed by atoms with E-state index < -0.39 is 0 Å². The lowest BCUT2D eigenvalue weighted by Crippen LogP contribution is -2.12.